The summed E-state index contributed by atoms with van der Waals surface area (Å²) in [4.78, 5) is 0. The molecule has 86 valence electrons. The summed E-state index contributed by atoms with van der Waals surface area (Å²) in [6.45, 7) is 6.58. The third-order valence-electron chi connectivity index (χ3n) is 3.25. The van der Waals surface area contributed by atoms with E-state index in [4.69, 9.17) is 4.42 Å². The predicted molar refractivity (Wildman–Crippen MR) is 68.3 cm³/mol. The predicted octanol–water partition coefficient (Wildman–Crippen LogP) is 4.52. The van der Waals surface area contributed by atoms with Gasteiger partial charge in [-0.15, -0.1) is 0 Å². The van der Waals surface area contributed by atoms with Crippen LogP contribution in [0.3, 0.4) is 0 Å². The van der Waals surface area contributed by atoms with Crippen LogP contribution in [0.5, 0.6) is 0 Å². The molecule has 1 atom stereocenters. The van der Waals surface area contributed by atoms with Crippen molar-refractivity contribution >= 4 is 6.08 Å². The summed E-state index contributed by atoms with van der Waals surface area (Å²) in [5, 5.41) is 0. The van der Waals surface area contributed by atoms with E-state index in [0.29, 0.717) is 5.92 Å². The van der Waals surface area contributed by atoms with Gasteiger partial charge in [0.1, 0.15) is 5.76 Å². The van der Waals surface area contributed by atoms with Crippen LogP contribution in [0.15, 0.2) is 28.4 Å². The van der Waals surface area contributed by atoms with Crippen LogP contribution in [0.2, 0.25) is 0 Å². The molecule has 2 rings (SSSR count). The lowest BCUT2D eigenvalue weighted by Crippen LogP contribution is -1.94. The molecule has 0 spiro atoms. The summed E-state index contributed by atoms with van der Waals surface area (Å²) >= 11 is 0. The number of aryl methyl sites for hydroxylation is 1. The maximum absolute atomic E-state index is 5.63. The Hall–Kier alpha value is -1.24. The quantitative estimate of drug-likeness (QED) is 0.581. The Kier molecular flexibility index (Phi) is 3.33. The average molecular weight is 216 g/mol. The van der Waals surface area contributed by atoms with E-state index >= 15 is 0 Å². The monoisotopic (exact) mass is 216 g/mol. The van der Waals surface area contributed by atoms with E-state index < -0.39 is 0 Å². The SMILES string of the molecule is C/C1=C\CC[C@@H](C)/C=C/c2c(C)coc2C1. The molecule has 0 radical (unpaired) electrons. The van der Waals surface area contributed by atoms with E-state index in [-0.39, 0.29) is 0 Å². The van der Waals surface area contributed by atoms with Gasteiger partial charge >= 0.3 is 0 Å². The van der Waals surface area contributed by atoms with Gasteiger partial charge in [-0.25, -0.2) is 0 Å². The molecule has 0 bridgehead atoms. The summed E-state index contributed by atoms with van der Waals surface area (Å²) in [5.41, 5.74) is 3.94. The Bertz CT molecular complexity index is 421. The summed E-state index contributed by atoms with van der Waals surface area (Å²) in [5.74, 6) is 1.75. The van der Waals surface area contributed by atoms with Gasteiger partial charge < -0.3 is 4.42 Å². The molecule has 1 nitrogen and oxygen atoms in total. The molecule has 0 saturated heterocycles. The highest BCUT2D eigenvalue weighted by atomic mass is 16.3. The molecule has 0 aliphatic heterocycles. The van der Waals surface area contributed by atoms with E-state index in [0.717, 1.165) is 12.2 Å². The molecule has 1 heteroatoms. The van der Waals surface area contributed by atoms with Crippen molar-refractivity contribution in [2.45, 2.75) is 40.0 Å². The summed E-state index contributed by atoms with van der Waals surface area (Å²) in [7, 11) is 0. The Morgan fingerprint density at radius 2 is 2.12 bits per heavy atom. The van der Waals surface area contributed by atoms with Gasteiger partial charge in [0.25, 0.3) is 0 Å². The van der Waals surface area contributed by atoms with Gasteiger partial charge in [-0.3, -0.25) is 0 Å². The summed E-state index contributed by atoms with van der Waals surface area (Å²) < 4.78 is 5.63. The van der Waals surface area contributed by atoms with Gasteiger partial charge in [0, 0.05) is 12.0 Å². The molecule has 0 saturated carbocycles. The van der Waals surface area contributed by atoms with E-state index in [2.05, 4.69) is 39.0 Å². The highest BCUT2D eigenvalue weighted by Crippen LogP contribution is 2.24. The normalized spacial score (nSPS) is 26.7. The molecule has 0 fully saturated rings. The lowest BCUT2D eigenvalue weighted by molar-refractivity contribution is 0.516. The van der Waals surface area contributed by atoms with Crippen molar-refractivity contribution in [3.63, 3.8) is 0 Å². The van der Waals surface area contributed by atoms with Gasteiger partial charge in [-0.05, 0) is 38.2 Å². The van der Waals surface area contributed by atoms with Crippen LogP contribution >= 0.6 is 0 Å². The van der Waals surface area contributed by atoms with Gasteiger partial charge in [0.15, 0.2) is 0 Å². The number of fused-ring (bicyclic) bond motifs is 1. The number of hydrogen-bond acceptors (Lipinski definition) is 1. The van der Waals surface area contributed by atoms with Gasteiger partial charge in [-0.2, -0.15) is 0 Å². The molecule has 1 aromatic rings. The van der Waals surface area contributed by atoms with E-state index in [9.17, 15) is 0 Å². The zero-order chi connectivity index (χ0) is 11.5. The molecule has 0 aromatic carbocycles. The van der Waals surface area contributed by atoms with Crippen molar-refractivity contribution < 1.29 is 4.42 Å². The lowest BCUT2D eigenvalue weighted by atomic mass is 9.98. The number of hydrogen-bond donors (Lipinski definition) is 0. The van der Waals surface area contributed by atoms with Crippen LogP contribution in [-0.4, -0.2) is 0 Å². The van der Waals surface area contributed by atoms with Crippen molar-refractivity contribution in [3.05, 3.63) is 40.9 Å². The van der Waals surface area contributed by atoms with Crippen molar-refractivity contribution in [1.82, 2.24) is 0 Å². The minimum absolute atomic E-state index is 0.643. The third kappa shape index (κ3) is 2.46. The van der Waals surface area contributed by atoms with Gasteiger partial charge in [0.05, 0.1) is 6.26 Å². The first-order valence-corrected chi connectivity index (χ1v) is 6.07. The first-order valence-electron chi connectivity index (χ1n) is 6.07. The number of allylic oxidation sites excluding steroid dienone is 3. The minimum atomic E-state index is 0.643. The zero-order valence-electron chi connectivity index (χ0n) is 10.4. The summed E-state index contributed by atoms with van der Waals surface area (Å²) in [6.07, 6.45) is 12.1. The maximum atomic E-state index is 5.63. The topological polar surface area (TPSA) is 13.1 Å². The van der Waals surface area contributed by atoms with Crippen molar-refractivity contribution in [1.29, 1.82) is 0 Å². The van der Waals surface area contributed by atoms with Gasteiger partial charge in [-0.1, -0.05) is 30.7 Å². The highest BCUT2D eigenvalue weighted by molar-refractivity contribution is 5.56. The second-order valence-corrected chi connectivity index (χ2v) is 4.90. The van der Waals surface area contributed by atoms with Gasteiger partial charge in [0.2, 0.25) is 0 Å². The molecule has 0 amide bonds. The van der Waals surface area contributed by atoms with Crippen molar-refractivity contribution in [2.75, 3.05) is 0 Å². The molecule has 1 aromatic heterocycles. The molecule has 0 unspecified atom stereocenters. The molecule has 1 aliphatic carbocycles. The first-order chi connectivity index (χ1) is 7.66. The van der Waals surface area contributed by atoms with Crippen LogP contribution in [0.1, 0.15) is 43.6 Å². The second-order valence-electron chi connectivity index (χ2n) is 4.90. The fraction of sp³-hybridized carbons (Fsp3) is 0.467. The Morgan fingerprint density at radius 3 is 2.94 bits per heavy atom. The molecule has 0 N–H and O–H groups in total. The van der Waals surface area contributed by atoms with Crippen LogP contribution in [0.25, 0.3) is 6.08 Å². The standard InChI is InChI=1S/C15H20O/c1-11-5-4-6-12(2)9-15-14(8-7-11)13(3)10-16-15/h6-8,10-11H,4-5,9H2,1-3H3/b8-7+,12-6+/t11-/m1/s1. The minimum Gasteiger partial charge on any atom is -0.468 e. The Balaban J connectivity index is 2.38. The third-order valence-corrected chi connectivity index (χ3v) is 3.25. The Labute approximate surface area is 97.9 Å². The Morgan fingerprint density at radius 1 is 1.31 bits per heavy atom. The van der Waals surface area contributed by atoms with Crippen LogP contribution in [0, 0.1) is 12.8 Å². The number of rotatable bonds is 0. The smallest absolute Gasteiger partial charge is 0.115 e. The van der Waals surface area contributed by atoms with E-state index in [1.165, 1.54) is 29.5 Å². The van der Waals surface area contributed by atoms with E-state index in [1.54, 1.807) is 0 Å². The molecule has 1 heterocycles. The fourth-order valence-electron chi connectivity index (χ4n) is 2.14. The molecular formula is C15H20O. The zero-order valence-corrected chi connectivity index (χ0v) is 10.4. The fourth-order valence-corrected chi connectivity index (χ4v) is 2.14. The van der Waals surface area contributed by atoms with Crippen molar-refractivity contribution in [3.8, 4) is 0 Å². The lowest BCUT2D eigenvalue weighted by Gasteiger charge is -2.08. The van der Waals surface area contributed by atoms with Crippen LogP contribution in [0.4, 0.5) is 0 Å². The summed E-state index contributed by atoms with van der Waals surface area (Å²) in [6, 6.07) is 0. The van der Waals surface area contributed by atoms with Crippen LogP contribution < -0.4 is 0 Å². The van der Waals surface area contributed by atoms with Crippen molar-refractivity contribution in [2.24, 2.45) is 5.92 Å². The highest BCUT2D eigenvalue weighted by Gasteiger charge is 2.10. The first kappa shape index (κ1) is 11.3. The second kappa shape index (κ2) is 4.73. The molecule has 16 heavy (non-hydrogen) atoms. The molecule has 1 aliphatic rings. The molecular weight excluding hydrogens is 196 g/mol. The van der Waals surface area contributed by atoms with E-state index in [1.807, 2.05) is 6.26 Å². The maximum Gasteiger partial charge on any atom is 0.115 e. The average Bonchev–Trinajstić information content (AvgIpc) is 2.57. The van der Waals surface area contributed by atoms with Crippen LogP contribution in [-0.2, 0) is 6.42 Å². The number of furan rings is 1. The largest absolute Gasteiger partial charge is 0.468 e.